The van der Waals surface area contributed by atoms with E-state index < -0.39 is 19.7 Å². The fourth-order valence-corrected chi connectivity index (χ4v) is 8.15. The molecule has 0 aliphatic carbocycles. The van der Waals surface area contributed by atoms with Crippen LogP contribution in [-0.4, -0.2) is 80.6 Å². The average Bonchev–Trinajstić information content (AvgIpc) is 3.51. The lowest BCUT2D eigenvalue weighted by molar-refractivity contribution is -0.148. The number of carbonyl (C=O) groups excluding carboxylic acids is 3. The summed E-state index contributed by atoms with van der Waals surface area (Å²) in [5, 5.41) is 6.83. The van der Waals surface area contributed by atoms with E-state index in [1.165, 1.54) is 11.3 Å². The van der Waals surface area contributed by atoms with Crippen LogP contribution in [0.1, 0.15) is 58.8 Å². The molecular weight excluding hydrogens is 577 g/mol. The van der Waals surface area contributed by atoms with E-state index in [1.54, 1.807) is 35.4 Å². The second-order valence-corrected chi connectivity index (χ2v) is 14.1. The molecule has 0 radical (unpaired) electrons. The third-order valence-corrected chi connectivity index (χ3v) is 10.5. The van der Waals surface area contributed by atoms with E-state index >= 15 is 0 Å². The van der Waals surface area contributed by atoms with Gasteiger partial charge in [0.05, 0.1) is 11.0 Å². The van der Waals surface area contributed by atoms with Crippen LogP contribution in [0.2, 0.25) is 0 Å². The molecule has 1 aromatic carbocycles. The molecule has 3 atom stereocenters. The Hall–Kier alpha value is -3.31. The molecule has 0 unspecified atom stereocenters. The van der Waals surface area contributed by atoms with Gasteiger partial charge in [0.2, 0.25) is 11.8 Å². The van der Waals surface area contributed by atoms with Gasteiger partial charge in [-0.3, -0.25) is 23.9 Å². The molecule has 3 fully saturated rings. The van der Waals surface area contributed by atoms with Crippen molar-refractivity contribution in [3.05, 3.63) is 58.7 Å². The highest BCUT2D eigenvalue weighted by molar-refractivity contribution is 7.50. The predicted molar refractivity (Wildman–Crippen MR) is 159 cm³/mol. The number of amides is 3. The summed E-state index contributed by atoms with van der Waals surface area (Å²) in [5.41, 5.74) is 2.58. The molecule has 3 amide bonds. The highest BCUT2D eigenvalue weighted by Gasteiger charge is 2.47. The molecule has 0 saturated carbocycles. The second-order valence-electron chi connectivity index (χ2n) is 11.4. The van der Waals surface area contributed by atoms with Crippen LogP contribution in [0, 0.1) is 0 Å². The molecule has 222 valence electrons. The zero-order chi connectivity index (χ0) is 29.6. The lowest BCUT2D eigenvalue weighted by Gasteiger charge is -2.43. The SMILES string of the molecule is CNc1ccncc1C1CN(C(=O)[C@@H]2CC[C@@H]3CCC[C@H](NC(=O)c4cc5cc(CP(=O)(O)O)ccc5s4)C(=O)N32)C1. The first-order chi connectivity index (χ1) is 20.1. The van der Waals surface area contributed by atoms with E-state index in [4.69, 9.17) is 0 Å². The largest absolute Gasteiger partial charge is 0.388 e. The van der Waals surface area contributed by atoms with Gasteiger partial charge in [0, 0.05) is 60.4 Å². The van der Waals surface area contributed by atoms with Crippen molar-refractivity contribution in [3.8, 4) is 0 Å². The van der Waals surface area contributed by atoms with Crippen molar-refractivity contribution < 1.29 is 28.7 Å². The number of hydrogen-bond acceptors (Lipinski definition) is 7. The topological polar surface area (TPSA) is 152 Å². The summed E-state index contributed by atoms with van der Waals surface area (Å²) in [6, 6.07) is 7.45. The summed E-state index contributed by atoms with van der Waals surface area (Å²) < 4.78 is 12.2. The lowest BCUT2D eigenvalue weighted by atomic mass is 9.90. The van der Waals surface area contributed by atoms with Gasteiger partial charge in [-0.2, -0.15) is 0 Å². The van der Waals surface area contributed by atoms with Crippen molar-refractivity contribution in [1.82, 2.24) is 20.1 Å². The Bertz CT molecular complexity index is 1580. The highest BCUT2D eigenvalue weighted by atomic mass is 32.1. The fourth-order valence-electron chi connectivity index (χ4n) is 6.53. The van der Waals surface area contributed by atoms with Crippen LogP contribution >= 0.6 is 18.9 Å². The number of pyridine rings is 1. The first-order valence-electron chi connectivity index (χ1n) is 14.2. The molecule has 3 aliphatic heterocycles. The van der Waals surface area contributed by atoms with E-state index in [0.29, 0.717) is 36.4 Å². The zero-order valence-corrected chi connectivity index (χ0v) is 24.9. The van der Waals surface area contributed by atoms with E-state index in [0.717, 1.165) is 40.6 Å². The normalized spacial score (nSPS) is 22.9. The Balaban J connectivity index is 1.13. The first-order valence-corrected chi connectivity index (χ1v) is 16.8. The lowest BCUT2D eigenvalue weighted by Crippen LogP contribution is -2.58. The Morgan fingerprint density at radius 1 is 1.12 bits per heavy atom. The number of hydrogen-bond donors (Lipinski definition) is 4. The number of rotatable bonds is 7. The summed E-state index contributed by atoms with van der Waals surface area (Å²) in [6.45, 7) is 1.18. The number of nitrogens with zero attached hydrogens (tertiary/aromatic N) is 3. The van der Waals surface area contributed by atoms with Crippen molar-refractivity contribution in [1.29, 1.82) is 0 Å². The molecule has 3 aromatic rings. The van der Waals surface area contributed by atoms with Crippen LogP contribution in [0.15, 0.2) is 42.7 Å². The molecule has 3 aliphatic rings. The fraction of sp³-hybridized carbons (Fsp3) is 0.448. The van der Waals surface area contributed by atoms with Gasteiger partial charge in [0.15, 0.2) is 0 Å². The first kappa shape index (κ1) is 28.8. The van der Waals surface area contributed by atoms with Gasteiger partial charge in [-0.15, -0.1) is 11.3 Å². The molecule has 42 heavy (non-hydrogen) atoms. The number of aromatic nitrogens is 1. The van der Waals surface area contributed by atoms with Crippen LogP contribution in [0.5, 0.6) is 0 Å². The molecule has 0 bridgehead atoms. The van der Waals surface area contributed by atoms with Gasteiger partial charge >= 0.3 is 7.60 Å². The number of carbonyl (C=O) groups is 3. The number of benzene rings is 1. The molecule has 4 N–H and O–H groups in total. The quantitative estimate of drug-likeness (QED) is 0.297. The van der Waals surface area contributed by atoms with E-state index in [-0.39, 0.29) is 35.8 Å². The molecule has 2 aromatic heterocycles. The zero-order valence-electron chi connectivity index (χ0n) is 23.2. The number of nitrogens with one attached hydrogen (secondary N) is 2. The average molecular weight is 612 g/mol. The van der Waals surface area contributed by atoms with Crippen LogP contribution < -0.4 is 10.6 Å². The molecule has 6 rings (SSSR count). The smallest absolute Gasteiger partial charge is 0.329 e. The van der Waals surface area contributed by atoms with Gasteiger partial charge in [-0.25, -0.2) is 0 Å². The van der Waals surface area contributed by atoms with Gasteiger partial charge in [0.1, 0.15) is 12.1 Å². The van der Waals surface area contributed by atoms with E-state index in [1.807, 2.05) is 24.2 Å². The van der Waals surface area contributed by atoms with Crippen LogP contribution in [0.3, 0.4) is 0 Å². The maximum atomic E-state index is 13.8. The summed E-state index contributed by atoms with van der Waals surface area (Å²) in [6.07, 6.45) is 6.70. The Kier molecular flexibility index (Phi) is 7.82. The number of fused-ring (bicyclic) bond motifs is 2. The van der Waals surface area contributed by atoms with Gasteiger partial charge in [-0.05, 0) is 67.3 Å². The molecule has 5 heterocycles. The standard InChI is InChI=1S/C29H34N5O6PS/c1-30-22-9-10-31-13-21(22)19-14-33(15-19)29(37)24-7-6-20-3-2-4-23(28(36)34(20)24)32-27(35)26-12-18-11-17(16-41(38,39)40)5-8-25(18)42-26/h5,8-13,19-20,23-24H,2-4,6-7,14-16H2,1H3,(H,30,31)(H,32,35)(H2,38,39,40)/t20-,23-,24-/m0/s1. The Labute approximate surface area is 247 Å². The minimum absolute atomic E-state index is 0.00332. The van der Waals surface area contributed by atoms with Gasteiger partial charge in [-0.1, -0.05) is 6.07 Å². The maximum absolute atomic E-state index is 13.8. The Morgan fingerprint density at radius 2 is 1.93 bits per heavy atom. The third-order valence-electron chi connectivity index (χ3n) is 8.62. The second kappa shape index (κ2) is 11.4. The molecule has 0 spiro atoms. The molecule has 13 heteroatoms. The third kappa shape index (κ3) is 5.68. The van der Waals surface area contributed by atoms with Crippen LogP contribution in [0.25, 0.3) is 10.1 Å². The molecular formula is C29H34N5O6PS. The summed E-state index contributed by atoms with van der Waals surface area (Å²) in [7, 11) is -2.34. The molecule has 11 nitrogen and oxygen atoms in total. The van der Waals surface area contributed by atoms with Crippen molar-refractivity contribution in [2.75, 3.05) is 25.5 Å². The predicted octanol–water partition coefficient (Wildman–Crippen LogP) is 3.28. The van der Waals surface area contributed by atoms with Gasteiger partial charge < -0.3 is 30.2 Å². The Morgan fingerprint density at radius 3 is 2.69 bits per heavy atom. The minimum atomic E-state index is -4.21. The number of likely N-dealkylation sites (tertiary alicyclic amines) is 1. The van der Waals surface area contributed by atoms with Crippen molar-refractivity contribution in [2.24, 2.45) is 0 Å². The van der Waals surface area contributed by atoms with E-state index in [2.05, 4.69) is 15.6 Å². The van der Waals surface area contributed by atoms with Crippen molar-refractivity contribution >= 4 is 52.4 Å². The van der Waals surface area contributed by atoms with Gasteiger partial charge in [0.25, 0.3) is 5.91 Å². The number of anilines is 1. The molecule has 3 saturated heterocycles. The van der Waals surface area contributed by atoms with Crippen LogP contribution in [0.4, 0.5) is 5.69 Å². The number of thiophene rings is 1. The van der Waals surface area contributed by atoms with Crippen molar-refractivity contribution in [2.45, 2.75) is 62.3 Å². The summed E-state index contributed by atoms with van der Waals surface area (Å²) in [5.74, 6) is -0.398. The monoisotopic (exact) mass is 611 g/mol. The highest BCUT2D eigenvalue weighted by Crippen LogP contribution is 2.40. The van der Waals surface area contributed by atoms with Crippen LogP contribution in [-0.2, 0) is 20.3 Å². The minimum Gasteiger partial charge on any atom is -0.388 e. The summed E-state index contributed by atoms with van der Waals surface area (Å²) in [4.78, 5) is 67.5. The van der Waals surface area contributed by atoms with Crippen molar-refractivity contribution in [3.63, 3.8) is 0 Å². The van der Waals surface area contributed by atoms with E-state index in [9.17, 15) is 28.7 Å². The summed E-state index contributed by atoms with van der Waals surface area (Å²) >= 11 is 1.27. The maximum Gasteiger partial charge on any atom is 0.329 e.